The van der Waals surface area contributed by atoms with Crippen LogP contribution in [0.1, 0.15) is 40.9 Å². The zero-order valence-corrected chi connectivity index (χ0v) is 20.6. The third-order valence-corrected chi connectivity index (χ3v) is 6.84. The molecule has 2 atom stereocenters. The molecule has 2 heterocycles. The fourth-order valence-electron chi connectivity index (χ4n) is 4.75. The number of nitrogens with zero attached hydrogens (tertiary/aromatic N) is 2. The molecule has 0 saturated heterocycles. The van der Waals surface area contributed by atoms with Gasteiger partial charge >= 0.3 is 0 Å². The fraction of sp³-hybridized carbons (Fsp3) is 0.167. The number of benzene rings is 4. The Morgan fingerprint density at radius 3 is 2.44 bits per heavy atom. The lowest BCUT2D eigenvalue weighted by atomic mass is 9.95. The first kappa shape index (κ1) is 22.5. The number of methoxy groups -OCH3 is 1. The smallest absolute Gasteiger partial charge is 0.214 e. The molecule has 0 spiro atoms. The first-order valence-corrected chi connectivity index (χ1v) is 12.3. The van der Waals surface area contributed by atoms with Crippen molar-refractivity contribution in [1.29, 1.82) is 0 Å². The number of fused-ring (bicyclic) bond motifs is 3. The summed E-state index contributed by atoms with van der Waals surface area (Å²) in [6.07, 6.45) is 0.367. The van der Waals surface area contributed by atoms with E-state index in [9.17, 15) is 0 Å². The van der Waals surface area contributed by atoms with Gasteiger partial charge in [-0.25, -0.2) is 5.01 Å². The molecule has 4 aromatic carbocycles. The summed E-state index contributed by atoms with van der Waals surface area (Å²) in [6.45, 7) is 0.521. The molecule has 0 aromatic heterocycles. The summed E-state index contributed by atoms with van der Waals surface area (Å²) in [6, 6.07) is 32.1. The van der Waals surface area contributed by atoms with Crippen molar-refractivity contribution in [2.24, 2.45) is 5.10 Å². The summed E-state index contributed by atoms with van der Waals surface area (Å²) in [5.41, 5.74) is 5.25. The maximum absolute atomic E-state index is 6.56. The molecule has 0 unspecified atom stereocenters. The lowest BCUT2D eigenvalue weighted by Crippen LogP contribution is -2.33. The van der Waals surface area contributed by atoms with E-state index in [4.69, 9.17) is 30.9 Å². The Bertz CT molecular complexity index is 1390. The van der Waals surface area contributed by atoms with E-state index in [1.807, 2.05) is 78.9 Å². The van der Waals surface area contributed by atoms with Gasteiger partial charge in [-0.2, -0.15) is 5.10 Å². The van der Waals surface area contributed by atoms with Gasteiger partial charge in [-0.05, 0) is 53.6 Å². The molecule has 4 aromatic rings. The van der Waals surface area contributed by atoms with E-state index in [1.165, 1.54) is 0 Å². The SMILES string of the molecule is COc1cccc2c1O[C@@H](c1ccc(OCc3ccccc3)cc1)N1N=C(c3ccc(Cl)cc3)C[C@@H]21. The van der Waals surface area contributed by atoms with Crippen molar-refractivity contribution >= 4 is 17.3 Å². The van der Waals surface area contributed by atoms with Gasteiger partial charge in [0, 0.05) is 22.6 Å². The highest BCUT2D eigenvalue weighted by Gasteiger charge is 2.42. The van der Waals surface area contributed by atoms with Gasteiger partial charge < -0.3 is 14.2 Å². The Morgan fingerprint density at radius 1 is 0.917 bits per heavy atom. The van der Waals surface area contributed by atoms with Gasteiger partial charge in [0.1, 0.15) is 12.4 Å². The van der Waals surface area contributed by atoms with Crippen molar-refractivity contribution < 1.29 is 14.2 Å². The molecule has 0 amide bonds. The maximum atomic E-state index is 6.56. The van der Waals surface area contributed by atoms with Crippen LogP contribution in [0.2, 0.25) is 5.02 Å². The average Bonchev–Trinajstić information content (AvgIpc) is 3.38. The molecule has 180 valence electrons. The van der Waals surface area contributed by atoms with Crippen molar-refractivity contribution in [2.45, 2.75) is 25.3 Å². The highest BCUT2D eigenvalue weighted by molar-refractivity contribution is 6.30. The van der Waals surface area contributed by atoms with E-state index in [0.29, 0.717) is 11.6 Å². The van der Waals surface area contributed by atoms with Crippen molar-refractivity contribution in [3.8, 4) is 17.2 Å². The van der Waals surface area contributed by atoms with E-state index in [-0.39, 0.29) is 6.04 Å². The van der Waals surface area contributed by atoms with Crippen LogP contribution in [-0.4, -0.2) is 17.8 Å². The highest BCUT2D eigenvalue weighted by atomic mass is 35.5. The van der Waals surface area contributed by atoms with E-state index in [0.717, 1.165) is 51.6 Å². The van der Waals surface area contributed by atoms with E-state index in [2.05, 4.69) is 23.2 Å². The van der Waals surface area contributed by atoms with Crippen LogP contribution in [0.4, 0.5) is 0 Å². The summed E-state index contributed by atoms with van der Waals surface area (Å²) in [5, 5.41) is 7.80. The zero-order valence-electron chi connectivity index (χ0n) is 19.8. The zero-order chi connectivity index (χ0) is 24.5. The minimum Gasteiger partial charge on any atom is -0.493 e. The van der Waals surface area contributed by atoms with Crippen molar-refractivity contribution in [2.75, 3.05) is 7.11 Å². The Kier molecular flexibility index (Phi) is 5.99. The van der Waals surface area contributed by atoms with Crippen LogP contribution in [-0.2, 0) is 6.61 Å². The van der Waals surface area contributed by atoms with E-state index >= 15 is 0 Å². The topological polar surface area (TPSA) is 43.3 Å². The predicted octanol–water partition coefficient (Wildman–Crippen LogP) is 7.17. The molecule has 2 aliphatic rings. The number of hydrazone groups is 1. The molecule has 0 saturated carbocycles. The van der Waals surface area contributed by atoms with Crippen LogP contribution in [0.3, 0.4) is 0 Å². The molecule has 36 heavy (non-hydrogen) atoms. The molecule has 6 heteroatoms. The first-order valence-electron chi connectivity index (χ1n) is 11.9. The van der Waals surface area contributed by atoms with E-state index in [1.54, 1.807) is 7.11 Å². The number of rotatable bonds is 6. The number of hydrogen-bond acceptors (Lipinski definition) is 5. The molecule has 0 bridgehead atoms. The summed E-state index contributed by atoms with van der Waals surface area (Å²) < 4.78 is 18.2. The Hall–Kier alpha value is -3.96. The monoisotopic (exact) mass is 496 g/mol. The molecule has 0 N–H and O–H groups in total. The van der Waals surface area contributed by atoms with Gasteiger partial charge in [-0.1, -0.05) is 66.2 Å². The standard InChI is InChI=1S/C30H25ClN2O3/c1-34-28-9-5-8-25-27-18-26(21-10-14-23(31)15-11-21)32-33(27)30(36-29(25)28)22-12-16-24(17-13-22)35-19-20-6-3-2-4-7-20/h2-17,27,30H,18-19H2,1H3/t27-,30-/m0/s1. The van der Waals surface area contributed by atoms with Crippen LogP contribution in [0.25, 0.3) is 0 Å². The third-order valence-electron chi connectivity index (χ3n) is 6.59. The Morgan fingerprint density at radius 2 is 1.69 bits per heavy atom. The van der Waals surface area contributed by atoms with Gasteiger partial charge in [-0.15, -0.1) is 0 Å². The van der Waals surface area contributed by atoms with Gasteiger partial charge in [0.2, 0.25) is 6.23 Å². The molecule has 6 rings (SSSR count). The van der Waals surface area contributed by atoms with Crippen LogP contribution in [0.15, 0.2) is 102 Å². The largest absolute Gasteiger partial charge is 0.493 e. The molecule has 0 fully saturated rings. The second-order valence-electron chi connectivity index (χ2n) is 8.85. The molecular formula is C30H25ClN2O3. The van der Waals surface area contributed by atoms with Crippen LogP contribution in [0, 0.1) is 0 Å². The van der Waals surface area contributed by atoms with Crippen molar-refractivity contribution in [3.63, 3.8) is 0 Å². The van der Waals surface area contributed by atoms with Crippen molar-refractivity contribution in [3.05, 3.63) is 124 Å². The second-order valence-corrected chi connectivity index (χ2v) is 9.28. The highest BCUT2D eigenvalue weighted by Crippen LogP contribution is 2.50. The number of para-hydroxylation sites is 1. The lowest BCUT2D eigenvalue weighted by Gasteiger charge is -2.38. The average molecular weight is 497 g/mol. The molecular weight excluding hydrogens is 472 g/mol. The number of hydrogen-bond donors (Lipinski definition) is 0. The maximum Gasteiger partial charge on any atom is 0.214 e. The van der Waals surface area contributed by atoms with Crippen molar-refractivity contribution in [1.82, 2.24) is 5.01 Å². The van der Waals surface area contributed by atoms with Gasteiger partial charge in [-0.3, -0.25) is 0 Å². The quantitative estimate of drug-likeness (QED) is 0.284. The Labute approximate surface area is 215 Å². The molecule has 2 aliphatic heterocycles. The van der Waals surface area contributed by atoms with Gasteiger partial charge in [0.25, 0.3) is 0 Å². The summed E-state index contributed by atoms with van der Waals surface area (Å²) in [4.78, 5) is 0. The predicted molar refractivity (Wildman–Crippen MR) is 141 cm³/mol. The minimum atomic E-state index is -0.397. The minimum absolute atomic E-state index is 0.0357. The lowest BCUT2D eigenvalue weighted by molar-refractivity contribution is -0.0209. The summed E-state index contributed by atoms with van der Waals surface area (Å²) in [5.74, 6) is 2.29. The first-order chi connectivity index (χ1) is 17.7. The van der Waals surface area contributed by atoms with Crippen LogP contribution >= 0.6 is 11.6 Å². The normalized spacial score (nSPS) is 18.1. The third kappa shape index (κ3) is 4.27. The molecule has 0 radical (unpaired) electrons. The van der Waals surface area contributed by atoms with Crippen LogP contribution < -0.4 is 14.2 Å². The number of halogens is 1. The van der Waals surface area contributed by atoms with Gasteiger partial charge in [0.05, 0.1) is 18.9 Å². The number of ether oxygens (including phenoxy) is 3. The fourth-order valence-corrected chi connectivity index (χ4v) is 4.88. The molecule has 5 nitrogen and oxygen atoms in total. The molecule has 0 aliphatic carbocycles. The summed E-state index contributed by atoms with van der Waals surface area (Å²) >= 11 is 6.12. The van der Waals surface area contributed by atoms with Crippen LogP contribution in [0.5, 0.6) is 17.2 Å². The summed E-state index contributed by atoms with van der Waals surface area (Å²) in [7, 11) is 1.67. The van der Waals surface area contributed by atoms with E-state index < -0.39 is 6.23 Å². The second kappa shape index (κ2) is 9.59. The Balaban J connectivity index is 1.31. The van der Waals surface area contributed by atoms with Gasteiger partial charge in [0.15, 0.2) is 11.5 Å².